The molecule has 1 rings (SSSR count). The normalized spacial score (nSPS) is 20.0. The third-order valence-electron chi connectivity index (χ3n) is 3.36. The summed E-state index contributed by atoms with van der Waals surface area (Å²) in [6.07, 6.45) is 2.66. The van der Waals surface area contributed by atoms with Crippen LogP contribution in [0.3, 0.4) is 0 Å². The molecule has 1 aliphatic rings. The summed E-state index contributed by atoms with van der Waals surface area (Å²) in [7, 11) is 0. The first-order chi connectivity index (χ1) is 7.24. The van der Waals surface area contributed by atoms with E-state index in [1.54, 1.807) is 0 Å². The Morgan fingerprint density at radius 2 is 1.93 bits per heavy atom. The average Bonchev–Trinajstić information content (AvgIpc) is 2.25. The van der Waals surface area contributed by atoms with Crippen LogP contribution in [-0.4, -0.2) is 49.5 Å². The Labute approximate surface area is 93.4 Å². The summed E-state index contributed by atoms with van der Waals surface area (Å²) in [6.45, 7) is 9.46. The summed E-state index contributed by atoms with van der Waals surface area (Å²) in [5.74, 6) is 1.75. The van der Waals surface area contributed by atoms with Gasteiger partial charge in [-0.2, -0.15) is 0 Å². The second-order valence-corrected chi connectivity index (χ2v) is 4.76. The lowest BCUT2D eigenvalue weighted by atomic mass is 9.87. The van der Waals surface area contributed by atoms with E-state index in [-0.39, 0.29) is 6.61 Å². The minimum atomic E-state index is 0.134. The molecule has 0 aromatic carbocycles. The molecule has 90 valence electrons. The van der Waals surface area contributed by atoms with Gasteiger partial charge in [0.25, 0.3) is 0 Å². The number of hydrogen-bond donors (Lipinski definition) is 1. The number of aliphatic hydroxyl groups is 1. The third kappa shape index (κ3) is 4.96. The zero-order valence-corrected chi connectivity index (χ0v) is 10.1. The van der Waals surface area contributed by atoms with Crippen molar-refractivity contribution >= 4 is 0 Å². The Hall–Kier alpha value is -0.120. The van der Waals surface area contributed by atoms with Gasteiger partial charge in [0, 0.05) is 6.54 Å². The molecule has 1 fully saturated rings. The smallest absolute Gasteiger partial charge is 0.0698 e. The minimum absolute atomic E-state index is 0.134. The van der Waals surface area contributed by atoms with Crippen LogP contribution in [0.15, 0.2) is 0 Å². The number of rotatable bonds is 6. The maximum Gasteiger partial charge on any atom is 0.0698 e. The summed E-state index contributed by atoms with van der Waals surface area (Å²) in [6, 6.07) is 0. The average molecular weight is 215 g/mol. The van der Waals surface area contributed by atoms with E-state index >= 15 is 0 Å². The first kappa shape index (κ1) is 12.9. The van der Waals surface area contributed by atoms with Gasteiger partial charge in [0.05, 0.1) is 19.8 Å². The highest BCUT2D eigenvalue weighted by molar-refractivity contribution is 4.73. The molecule has 1 heterocycles. The molecule has 0 aromatic heterocycles. The predicted octanol–water partition coefficient (Wildman–Crippen LogP) is 1.36. The van der Waals surface area contributed by atoms with Gasteiger partial charge >= 0.3 is 0 Å². The predicted molar refractivity (Wildman–Crippen MR) is 61.9 cm³/mol. The molecule has 3 heteroatoms. The second kappa shape index (κ2) is 7.20. The molecule has 0 atom stereocenters. The van der Waals surface area contributed by atoms with Gasteiger partial charge in [-0.3, -0.25) is 0 Å². The highest BCUT2D eigenvalue weighted by Crippen LogP contribution is 2.23. The number of likely N-dealkylation sites (tertiary alicyclic amines) is 1. The van der Waals surface area contributed by atoms with Gasteiger partial charge in [-0.1, -0.05) is 13.8 Å². The molecule has 0 amide bonds. The Kier molecular flexibility index (Phi) is 6.22. The summed E-state index contributed by atoms with van der Waals surface area (Å²) >= 11 is 0. The van der Waals surface area contributed by atoms with Crippen molar-refractivity contribution in [1.82, 2.24) is 4.90 Å². The molecule has 15 heavy (non-hydrogen) atoms. The van der Waals surface area contributed by atoms with Crippen molar-refractivity contribution in [3.05, 3.63) is 0 Å². The fourth-order valence-electron chi connectivity index (χ4n) is 2.20. The summed E-state index contributed by atoms with van der Waals surface area (Å²) < 4.78 is 5.27. The first-order valence-corrected chi connectivity index (χ1v) is 6.15. The van der Waals surface area contributed by atoms with Crippen molar-refractivity contribution < 1.29 is 9.84 Å². The Morgan fingerprint density at radius 1 is 1.27 bits per heavy atom. The zero-order valence-electron chi connectivity index (χ0n) is 10.1. The molecule has 0 aliphatic carbocycles. The van der Waals surface area contributed by atoms with Gasteiger partial charge in [-0.25, -0.2) is 0 Å². The SMILES string of the molecule is CC(C)C1CCN(CCOCCO)CC1. The first-order valence-electron chi connectivity index (χ1n) is 6.15. The van der Waals surface area contributed by atoms with Crippen molar-refractivity contribution in [3.63, 3.8) is 0 Å². The molecule has 0 unspecified atom stereocenters. The fraction of sp³-hybridized carbons (Fsp3) is 1.00. The van der Waals surface area contributed by atoms with E-state index in [2.05, 4.69) is 18.7 Å². The van der Waals surface area contributed by atoms with E-state index in [0.717, 1.165) is 25.0 Å². The van der Waals surface area contributed by atoms with Gasteiger partial charge < -0.3 is 14.7 Å². The van der Waals surface area contributed by atoms with Gasteiger partial charge in [0.15, 0.2) is 0 Å². The number of ether oxygens (including phenoxy) is 1. The van der Waals surface area contributed by atoms with E-state index in [0.29, 0.717) is 6.61 Å². The molecular weight excluding hydrogens is 190 g/mol. The van der Waals surface area contributed by atoms with Crippen molar-refractivity contribution in [2.24, 2.45) is 11.8 Å². The number of nitrogens with zero attached hydrogens (tertiary/aromatic N) is 1. The van der Waals surface area contributed by atoms with Crippen LogP contribution >= 0.6 is 0 Å². The molecule has 0 bridgehead atoms. The van der Waals surface area contributed by atoms with Crippen LogP contribution in [0.1, 0.15) is 26.7 Å². The quantitative estimate of drug-likeness (QED) is 0.679. The monoisotopic (exact) mass is 215 g/mol. The number of aliphatic hydroxyl groups excluding tert-OH is 1. The summed E-state index contributed by atoms with van der Waals surface area (Å²) in [5, 5.41) is 8.56. The van der Waals surface area contributed by atoms with Crippen molar-refractivity contribution in [1.29, 1.82) is 0 Å². The van der Waals surface area contributed by atoms with Crippen molar-refractivity contribution in [2.45, 2.75) is 26.7 Å². The molecule has 1 aliphatic heterocycles. The number of piperidine rings is 1. The van der Waals surface area contributed by atoms with Gasteiger partial charge in [-0.15, -0.1) is 0 Å². The Morgan fingerprint density at radius 3 is 2.47 bits per heavy atom. The van der Waals surface area contributed by atoms with Crippen molar-refractivity contribution in [3.8, 4) is 0 Å². The van der Waals surface area contributed by atoms with Gasteiger partial charge in [0.2, 0.25) is 0 Å². The minimum Gasteiger partial charge on any atom is -0.394 e. The lowest BCUT2D eigenvalue weighted by Crippen LogP contribution is -2.37. The van der Waals surface area contributed by atoms with Crippen molar-refractivity contribution in [2.75, 3.05) is 39.5 Å². The molecule has 1 saturated heterocycles. The van der Waals surface area contributed by atoms with E-state index in [9.17, 15) is 0 Å². The maximum atomic E-state index is 8.56. The fourth-order valence-corrected chi connectivity index (χ4v) is 2.20. The molecule has 0 spiro atoms. The van der Waals surface area contributed by atoms with E-state index in [1.165, 1.54) is 25.9 Å². The largest absolute Gasteiger partial charge is 0.394 e. The van der Waals surface area contributed by atoms with Crippen LogP contribution in [0.4, 0.5) is 0 Å². The maximum absolute atomic E-state index is 8.56. The lowest BCUT2D eigenvalue weighted by Gasteiger charge is -2.33. The Bertz CT molecular complexity index is 154. The molecule has 1 N–H and O–H groups in total. The van der Waals surface area contributed by atoms with Gasteiger partial charge in [-0.05, 0) is 37.8 Å². The molecular formula is C12H25NO2. The summed E-state index contributed by atoms with van der Waals surface area (Å²) in [5.41, 5.74) is 0. The zero-order chi connectivity index (χ0) is 11.1. The van der Waals surface area contributed by atoms with Crippen LogP contribution in [0.2, 0.25) is 0 Å². The molecule has 0 radical (unpaired) electrons. The van der Waals surface area contributed by atoms with Gasteiger partial charge in [0.1, 0.15) is 0 Å². The molecule has 0 saturated carbocycles. The number of hydrogen-bond acceptors (Lipinski definition) is 3. The van der Waals surface area contributed by atoms with Crippen LogP contribution < -0.4 is 0 Å². The van der Waals surface area contributed by atoms with E-state index < -0.39 is 0 Å². The van der Waals surface area contributed by atoms with Crippen LogP contribution in [-0.2, 0) is 4.74 Å². The lowest BCUT2D eigenvalue weighted by molar-refractivity contribution is 0.0618. The molecule has 3 nitrogen and oxygen atoms in total. The van der Waals surface area contributed by atoms with E-state index in [4.69, 9.17) is 9.84 Å². The second-order valence-electron chi connectivity index (χ2n) is 4.76. The standard InChI is InChI=1S/C12H25NO2/c1-11(2)12-3-5-13(6-4-12)7-9-15-10-8-14/h11-12,14H,3-10H2,1-2H3. The van der Waals surface area contributed by atoms with Crippen LogP contribution in [0.5, 0.6) is 0 Å². The highest BCUT2D eigenvalue weighted by Gasteiger charge is 2.20. The topological polar surface area (TPSA) is 32.7 Å². The third-order valence-corrected chi connectivity index (χ3v) is 3.36. The molecule has 0 aromatic rings. The van der Waals surface area contributed by atoms with Crippen LogP contribution in [0, 0.1) is 11.8 Å². The highest BCUT2D eigenvalue weighted by atomic mass is 16.5. The van der Waals surface area contributed by atoms with E-state index in [1.807, 2.05) is 0 Å². The summed E-state index contributed by atoms with van der Waals surface area (Å²) in [4.78, 5) is 2.47. The van der Waals surface area contributed by atoms with Crippen LogP contribution in [0.25, 0.3) is 0 Å². The Balaban J connectivity index is 2.04.